The number of halogens is 1. The highest BCUT2D eigenvalue weighted by atomic mass is 79.9. The second-order valence-corrected chi connectivity index (χ2v) is 3.54. The van der Waals surface area contributed by atoms with Crippen LogP contribution in [0.4, 0.5) is 5.69 Å². The second-order valence-electron chi connectivity index (χ2n) is 2.68. The van der Waals surface area contributed by atoms with E-state index in [0.29, 0.717) is 5.69 Å². The summed E-state index contributed by atoms with van der Waals surface area (Å²) in [6, 6.07) is 3.92. The van der Waals surface area contributed by atoms with Gasteiger partial charge in [0.1, 0.15) is 5.52 Å². The molecular formula is C8H8BrN3. The Hall–Kier alpha value is -1.03. The number of nitrogens with two attached hydrogens (primary N) is 1. The molecule has 0 saturated carbocycles. The molecule has 0 aliphatic carbocycles. The van der Waals surface area contributed by atoms with Crippen molar-refractivity contribution in [3.05, 3.63) is 22.9 Å². The van der Waals surface area contributed by atoms with Crippen LogP contribution in [0.1, 0.15) is 0 Å². The maximum Gasteiger partial charge on any atom is 0.112 e. The molecule has 2 aromatic rings. The molecule has 2 rings (SSSR count). The van der Waals surface area contributed by atoms with Crippen LogP contribution in [0.3, 0.4) is 0 Å². The monoisotopic (exact) mass is 225 g/mol. The summed E-state index contributed by atoms with van der Waals surface area (Å²) in [5.74, 6) is 0. The number of anilines is 1. The first-order valence-corrected chi connectivity index (χ1v) is 4.34. The van der Waals surface area contributed by atoms with Crippen molar-refractivity contribution in [1.29, 1.82) is 0 Å². The van der Waals surface area contributed by atoms with Crippen LogP contribution < -0.4 is 5.73 Å². The largest absolute Gasteiger partial charge is 0.396 e. The SMILES string of the molecule is Cn1cnc2c(N)c(Br)ccc21. The molecule has 0 atom stereocenters. The number of rotatable bonds is 0. The number of nitrogens with zero attached hydrogens (tertiary/aromatic N) is 2. The minimum absolute atomic E-state index is 0.702. The number of aromatic nitrogens is 2. The number of nitrogen functional groups attached to an aromatic ring is 1. The Morgan fingerprint density at radius 1 is 1.50 bits per heavy atom. The lowest BCUT2D eigenvalue weighted by Crippen LogP contribution is -1.89. The van der Waals surface area contributed by atoms with Gasteiger partial charge in [-0.25, -0.2) is 4.98 Å². The molecule has 1 heterocycles. The first kappa shape index (κ1) is 7.61. The van der Waals surface area contributed by atoms with Gasteiger partial charge in [-0.2, -0.15) is 0 Å². The number of fused-ring (bicyclic) bond motifs is 1. The van der Waals surface area contributed by atoms with Crippen molar-refractivity contribution in [2.24, 2.45) is 7.05 Å². The van der Waals surface area contributed by atoms with Crippen LogP contribution >= 0.6 is 15.9 Å². The lowest BCUT2D eigenvalue weighted by Gasteiger charge is -1.99. The summed E-state index contributed by atoms with van der Waals surface area (Å²) in [4.78, 5) is 4.19. The van der Waals surface area contributed by atoms with E-state index >= 15 is 0 Å². The predicted molar refractivity (Wildman–Crippen MR) is 52.8 cm³/mol. The smallest absolute Gasteiger partial charge is 0.112 e. The van der Waals surface area contributed by atoms with Gasteiger partial charge in [0.25, 0.3) is 0 Å². The number of aryl methyl sites for hydroxylation is 1. The van der Waals surface area contributed by atoms with Gasteiger partial charge >= 0.3 is 0 Å². The predicted octanol–water partition coefficient (Wildman–Crippen LogP) is 1.92. The third-order valence-electron chi connectivity index (χ3n) is 1.88. The van der Waals surface area contributed by atoms with Crippen LogP contribution in [-0.2, 0) is 7.05 Å². The Labute approximate surface area is 78.3 Å². The highest BCUT2D eigenvalue weighted by Gasteiger charge is 2.05. The number of imidazole rings is 1. The highest BCUT2D eigenvalue weighted by molar-refractivity contribution is 9.10. The lowest BCUT2D eigenvalue weighted by atomic mass is 10.3. The van der Waals surface area contributed by atoms with Crippen LogP contribution in [0.2, 0.25) is 0 Å². The van der Waals surface area contributed by atoms with Crippen LogP contribution in [0.5, 0.6) is 0 Å². The Morgan fingerprint density at radius 2 is 2.25 bits per heavy atom. The number of hydrogen-bond donors (Lipinski definition) is 1. The van der Waals surface area contributed by atoms with E-state index in [2.05, 4.69) is 20.9 Å². The van der Waals surface area contributed by atoms with Crippen molar-refractivity contribution in [3.63, 3.8) is 0 Å². The zero-order valence-electron chi connectivity index (χ0n) is 6.58. The van der Waals surface area contributed by atoms with Gasteiger partial charge in [-0.1, -0.05) is 0 Å². The topological polar surface area (TPSA) is 43.8 Å². The van der Waals surface area contributed by atoms with Crippen molar-refractivity contribution in [3.8, 4) is 0 Å². The molecule has 4 heteroatoms. The van der Waals surface area contributed by atoms with E-state index in [0.717, 1.165) is 15.5 Å². The fourth-order valence-corrected chi connectivity index (χ4v) is 1.52. The van der Waals surface area contributed by atoms with E-state index in [1.807, 2.05) is 23.7 Å². The molecule has 1 aromatic heterocycles. The van der Waals surface area contributed by atoms with E-state index < -0.39 is 0 Å². The first-order valence-electron chi connectivity index (χ1n) is 3.55. The van der Waals surface area contributed by atoms with Gasteiger partial charge in [-0.15, -0.1) is 0 Å². The third-order valence-corrected chi connectivity index (χ3v) is 2.57. The Morgan fingerprint density at radius 3 is 3.00 bits per heavy atom. The third kappa shape index (κ3) is 0.914. The van der Waals surface area contributed by atoms with Gasteiger partial charge in [0.15, 0.2) is 0 Å². The molecule has 0 bridgehead atoms. The van der Waals surface area contributed by atoms with Crippen molar-refractivity contribution < 1.29 is 0 Å². The van der Waals surface area contributed by atoms with Gasteiger partial charge in [0.05, 0.1) is 17.5 Å². The molecular weight excluding hydrogens is 218 g/mol. The van der Waals surface area contributed by atoms with E-state index in [1.165, 1.54) is 0 Å². The molecule has 3 nitrogen and oxygen atoms in total. The first-order chi connectivity index (χ1) is 5.70. The Kier molecular flexibility index (Phi) is 1.58. The van der Waals surface area contributed by atoms with Crippen molar-refractivity contribution in [1.82, 2.24) is 9.55 Å². The molecule has 0 aliphatic heterocycles. The second kappa shape index (κ2) is 2.48. The molecule has 0 saturated heterocycles. The molecule has 2 N–H and O–H groups in total. The summed E-state index contributed by atoms with van der Waals surface area (Å²) in [6.07, 6.45) is 1.76. The summed E-state index contributed by atoms with van der Waals surface area (Å²) < 4.78 is 2.84. The fourth-order valence-electron chi connectivity index (χ4n) is 1.20. The molecule has 0 fully saturated rings. The molecule has 12 heavy (non-hydrogen) atoms. The molecule has 0 amide bonds. The van der Waals surface area contributed by atoms with E-state index in [4.69, 9.17) is 5.73 Å². The fraction of sp³-hybridized carbons (Fsp3) is 0.125. The quantitative estimate of drug-likeness (QED) is 0.697. The molecule has 0 unspecified atom stereocenters. The van der Waals surface area contributed by atoms with E-state index in [-0.39, 0.29) is 0 Å². The molecule has 0 radical (unpaired) electrons. The molecule has 0 aliphatic rings. The van der Waals surface area contributed by atoms with Crippen LogP contribution in [0, 0.1) is 0 Å². The molecule has 0 spiro atoms. The standard InChI is InChI=1S/C8H8BrN3/c1-12-4-11-8-6(12)3-2-5(9)7(8)10/h2-4H,10H2,1H3. The summed E-state index contributed by atoms with van der Waals surface area (Å²) in [5, 5.41) is 0. The van der Waals surface area contributed by atoms with Gasteiger partial charge in [-0.05, 0) is 28.1 Å². The molecule has 62 valence electrons. The Balaban J connectivity index is 2.93. The van der Waals surface area contributed by atoms with Gasteiger partial charge in [-0.3, -0.25) is 0 Å². The highest BCUT2D eigenvalue weighted by Crippen LogP contribution is 2.26. The normalized spacial score (nSPS) is 10.8. The lowest BCUT2D eigenvalue weighted by molar-refractivity contribution is 0.947. The maximum absolute atomic E-state index is 5.81. The van der Waals surface area contributed by atoms with Crippen LogP contribution in [0.15, 0.2) is 22.9 Å². The van der Waals surface area contributed by atoms with Gasteiger partial charge < -0.3 is 10.3 Å². The number of benzene rings is 1. The minimum Gasteiger partial charge on any atom is -0.396 e. The summed E-state index contributed by atoms with van der Waals surface area (Å²) in [5.41, 5.74) is 8.42. The van der Waals surface area contributed by atoms with E-state index in [9.17, 15) is 0 Å². The van der Waals surface area contributed by atoms with Gasteiger partial charge in [0.2, 0.25) is 0 Å². The summed E-state index contributed by atoms with van der Waals surface area (Å²) in [6.45, 7) is 0. The van der Waals surface area contributed by atoms with Crippen molar-refractivity contribution in [2.75, 3.05) is 5.73 Å². The maximum atomic E-state index is 5.81. The summed E-state index contributed by atoms with van der Waals surface area (Å²) in [7, 11) is 1.95. The van der Waals surface area contributed by atoms with Crippen molar-refractivity contribution >= 4 is 32.7 Å². The molecule has 1 aromatic carbocycles. The van der Waals surface area contributed by atoms with Crippen molar-refractivity contribution in [2.45, 2.75) is 0 Å². The minimum atomic E-state index is 0.702. The van der Waals surface area contributed by atoms with Gasteiger partial charge in [0, 0.05) is 11.5 Å². The van der Waals surface area contributed by atoms with Crippen LogP contribution in [-0.4, -0.2) is 9.55 Å². The van der Waals surface area contributed by atoms with E-state index in [1.54, 1.807) is 6.33 Å². The number of hydrogen-bond acceptors (Lipinski definition) is 2. The zero-order chi connectivity index (χ0) is 8.72. The summed E-state index contributed by atoms with van der Waals surface area (Å²) >= 11 is 3.35. The Bertz CT molecular complexity index is 433. The average molecular weight is 226 g/mol. The van der Waals surface area contributed by atoms with Crippen LogP contribution in [0.25, 0.3) is 11.0 Å². The zero-order valence-corrected chi connectivity index (χ0v) is 8.17. The average Bonchev–Trinajstić information content (AvgIpc) is 2.41.